The van der Waals surface area contributed by atoms with Gasteiger partial charge < -0.3 is 19.3 Å². The van der Waals surface area contributed by atoms with Crippen LogP contribution >= 0.6 is 0 Å². The molecule has 1 N–H and O–H groups in total. The van der Waals surface area contributed by atoms with E-state index in [1.165, 1.54) is 13.2 Å². The molecule has 0 aliphatic carbocycles. The van der Waals surface area contributed by atoms with Gasteiger partial charge in [-0.1, -0.05) is 12.1 Å². The first kappa shape index (κ1) is 19.0. The molecule has 1 aromatic heterocycles. The summed E-state index contributed by atoms with van der Waals surface area (Å²) >= 11 is 0. The highest BCUT2D eigenvalue weighted by Gasteiger charge is 2.17. The molecule has 0 aliphatic rings. The van der Waals surface area contributed by atoms with Crippen LogP contribution in [0.4, 0.5) is 14.5 Å². The van der Waals surface area contributed by atoms with Gasteiger partial charge in [-0.25, -0.2) is 13.6 Å². The van der Waals surface area contributed by atoms with Gasteiger partial charge >= 0.3 is 5.97 Å². The number of hydrogen-bond acceptors (Lipinski definition) is 6. The average Bonchev–Trinajstić information content (AvgIpc) is 2.67. The summed E-state index contributed by atoms with van der Waals surface area (Å²) in [5, 5.41) is 6.34. The molecule has 0 unspecified atom stereocenters. The molecule has 28 heavy (non-hydrogen) atoms. The molecule has 0 bridgehead atoms. The van der Waals surface area contributed by atoms with Crippen LogP contribution < -0.4 is 15.6 Å². The summed E-state index contributed by atoms with van der Waals surface area (Å²) in [5.41, 5.74) is -0.436. The van der Waals surface area contributed by atoms with Crippen LogP contribution in [0, 0.1) is 11.6 Å². The van der Waals surface area contributed by atoms with Gasteiger partial charge in [-0.05, 0) is 29.4 Å². The monoisotopic (exact) mass is 388 g/mol. The smallest absolute Gasteiger partial charge is 0.332 e. The number of nitrogens with one attached hydrogen (secondary N) is 1. The minimum absolute atomic E-state index is 0.134. The second-order valence-corrected chi connectivity index (χ2v) is 5.60. The van der Waals surface area contributed by atoms with Crippen molar-refractivity contribution in [2.45, 2.75) is 6.92 Å². The standard InChI is InChI=1S/C19H14F2N2O5/c1-10(24)28-23-19-13(8-11-4-3-5-16(26-2)17(11)27-19)18(25)22-15-7-6-12(20)9-14(15)21/h3-9H,1-2H3,(H,22,25). The Morgan fingerprint density at radius 1 is 1.14 bits per heavy atom. The Kier molecular flexibility index (Phi) is 5.35. The van der Waals surface area contributed by atoms with E-state index in [9.17, 15) is 18.4 Å². The maximum absolute atomic E-state index is 13.8. The van der Waals surface area contributed by atoms with Crippen molar-refractivity contribution < 1.29 is 32.4 Å². The minimum Gasteiger partial charge on any atom is -0.493 e. The van der Waals surface area contributed by atoms with E-state index in [0.717, 1.165) is 19.1 Å². The van der Waals surface area contributed by atoms with Crippen molar-refractivity contribution in [1.82, 2.24) is 0 Å². The molecule has 0 fully saturated rings. The van der Waals surface area contributed by atoms with Crippen molar-refractivity contribution in [3.8, 4) is 5.75 Å². The van der Waals surface area contributed by atoms with Crippen molar-refractivity contribution in [2.75, 3.05) is 12.4 Å². The van der Waals surface area contributed by atoms with E-state index in [4.69, 9.17) is 9.15 Å². The summed E-state index contributed by atoms with van der Waals surface area (Å²) in [7, 11) is 1.44. The molecule has 0 radical (unpaired) electrons. The van der Waals surface area contributed by atoms with Crippen molar-refractivity contribution in [2.24, 2.45) is 5.16 Å². The predicted molar refractivity (Wildman–Crippen MR) is 94.4 cm³/mol. The molecule has 0 atom stereocenters. The maximum atomic E-state index is 13.8. The first-order valence-electron chi connectivity index (χ1n) is 7.98. The summed E-state index contributed by atoms with van der Waals surface area (Å²) in [4.78, 5) is 28.3. The number of nitrogens with zero attached hydrogens (tertiary/aromatic N) is 1. The van der Waals surface area contributed by atoms with Gasteiger partial charge in [0.25, 0.3) is 11.5 Å². The number of ether oxygens (including phenoxy) is 1. The van der Waals surface area contributed by atoms with E-state index in [1.54, 1.807) is 18.2 Å². The summed E-state index contributed by atoms with van der Waals surface area (Å²) < 4.78 is 37.7. The Morgan fingerprint density at radius 3 is 2.61 bits per heavy atom. The lowest BCUT2D eigenvalue weighted by Gasteiger charge is -2.09. The van der Waals surface area contributed by atoms with E-state index >= 15 is 0 Å². The second-order valence-electron chi connectivity index (χ2n) is 5.60. The van der Waals surface area contributed by atoms with E-state index in [-0.39, 0.29) is 22.4 Å². The van der Waals surface area contributed by atoms with Crippen LogP contribution in [0.3, 0.4) is 0 Å². The normalized spacial score (nSPS) is 11.4. The molecule has 3 aromatic rings. The number of carbonyl (C=O) groups excluding carboxylic acids is 2. The highest BCUT2D eigenvalue weighted by molar-refractivity contribution is 6.05. The predicted octanol–water partition coefficient (Wildman–Crippen LogP) is 3.35. The third kappa shape index (κ3) is 3.98. The lowest BCUT2D eigenvalue weighted by Crippen LogP contribution is -2.23. The molecule has 1 heterocycles. The van der Waals surface area contributed by atoms with Crippen molar-refractivity contribution >= 4 is 28.5 Å². The first-order valence-corrected chi connectivity index (χ1v) is 7.98. The first-order chi connectivity index (χ1) is 13.4. The van der Waals surface area contributed by atoms with E-state index in [1.807, 2.05) is 0 Å². The zero-order chi connectivity index (χ0) is 20.3. The summed E-state index contributed by atoms with van der Waals surface area (Å²) in [6.45, 7) is 1.12. The summed E-state index contributed by atoms with van der Waals surface area (Å²) in [6, 6.07) is 9.10. The molecule has 0 spiro atoms. The minimum atomic E-state index is -0.953. The van der Waals surface area contributed by atoms with Gasteiger partial charge in [0.05, 0.1) is 12.8 Å². The number of anilines is 1. The SMILES string of the molecule is COc1cccc2cc(C(=O)Nc3ccc(F)cc3F)c(=NOC(C)=O)oc12. The third-order valence-electron chi connectivity index (χ3n) is 3.64. The van der Waals surface area contributed by atoms with Gasteiger partial charge in [0.1, 0.15) is 17.2 Å². The zero-order valence-corrected chi connectivity index (χ0v) is 14.8. The van der Waals surface area contributed by atoms with E-state index in [0.29, 0.717) is 17.2 Å². The van der Waals surface area contributed by atoms with Crippen LogP contribution in [-0.4, -0.2) is 19.0 Å². The highest BCUT2D eigenvalue weighted by atomic mass is 19.1. The van der Waals surface area contributed by atoms with Crippen molar-refractivity contribution in [1.29, 1.82) is 0 Å². The molecule has 9 heteroatoms. The van der Waals surface area contributed by atoms with Gasteiger partial charge in [-0.2, -0.15) is 0 Å². The number of fused-ring (bicyclic) bond motifs is 1. The number of para-hydroxylation sites is 1. The largest absolute Gasteiger partial charge is 0.493 e. The van der Waals surface area contributed by atoms with Crippen LogP contribution in [0.25, 0.3) is 11.0 Å². The number of rotatable bonds is 4. The molecular formula is C19H14F2N2O5. The molecule has 1 amide bonds. The van der Waals surface area contributed by atoms with Crippen LogP contribution in [0.15, 0.2) is 52.0 Å². The molecule has 3 rings (SSSR count). The van der Waals surface area contributed by atoms with Crippen LogP contribution in [0.2, 0.25) is 0 Å². The quantitative estimate of drug-likeness (QED) is 0.547. The number of carbonyl (C=O) groups is 2. The van der Waals surface area contributed by atoms with Crippen LogP contribution in [0.5, 0.6) is 5.75 Å². The van der Waals surface area contributed by atoms with E-state index in [2.05, 4.69) is 15.3 Å². The number of amides is 1. The highest BCUT2D eigenvalue weighted by Crippen LogP contribution is 2.25. The van der Waals surface area contributed by atoms with Crippen LogP contribution in [-0.2, 0) is 9.63 Å². The lowest BCUT2D eigenvalue weighted by atomic mass is 10.1. The fraction of sp³-hybridized carbons (Fsp3) is 0.105. The van der Waals surface area contributed by atoms with E-state index < -0.39 is 23.5 Å². The van der Waals surface area contributed by atoms with Crippen molar-refractivity contribution in [3.63, 3.8) is 0 Å². The Balaban J connectivity index is 2.11. The Bertz CT molecular complexity index is 1140. The molecular weight excluding hydrogens is 374 g/mol. The fourth-order valence-electron chi connectivity index (χ4n) is 2.40. The number of benzene rings is 2. The van der Waals surface area contributed by atoms with Gasteiger partial charge in [0.15, 0.2) is 11.3 Å². The average molecular weight is 388 g/mol. The topological polar surface area (TPSA) is 90.1 Å². The third-order valence-corrected chi connectivity index (χ3v) is 3.64. The van der Waals surface area contributed by atoms with Gasteiger partial charge in [-0.15, -0.1) is 0 Å². The Labute approximate surface area is 157 Å². The number of methoxy groups -OCH3 is 1. The molecule has 0 saturated carbocycles. The summed E-state index contributed by atoms with van der Waals surface area (Å²) in [6.07, 6.45) is 0. The molecule has 2 aromatic carbocycles. The van der Waals surface area contributed by atoms with Gasteiger partial charge in [-0.3, -0.25) is 4.79 Å². The number of halogens is 2. The van der Waals surface area contributed by atoms with Gasteiger partial charge in [0.2, 0.25) is 0 Å². The molecule has 0 saturated heterocycles. The lowest BCUT2D eigenvalue weighted by molar-refractivity contribution is -0.141. The molecule has 7 nitrogen and oxygen atoms in total. The Morgan fingerprint density at radius 2 is 1.93 bits per heavy atom. The Hall–Kier alpha value is -3.75. The summed E-state index contributed by atoms with van der Waals surface area (Å²) in [5.74, 6) is -2.90. The zero-order valence-electron chi connectivity index (χ0n) is 14.8. The number of hydrogen-bond donors (Lipinski definition) is 1. The maximum Gasteiger partial charge on any atom is 0.332 e. The fourth-order valence-corrected chi connectivity index (χ4v) is 2.40. The second kappa shape index (κ2) is 7.87. The molecule has 144 valence electrons. The van der Waals surface area contributed by atoms with Crippen LogP contribution in [0.1, 0.15) is 17.3 Å². The van der Waals surface area contributed by atoms with Gasteiger partial charge in [0, 0.05) is 18.4 Å². The molecule has 0 aliphatic heterocycles. The van der Waals surface area contributed by atoms with Crippen molar-refractivity contribution in [3.05, 3.63) is 65.2 Å².